The Hall–Kier alpha value is -6.90. The van der Waals surface area contributed by atoms with Crippen molar-refractivity contribution in [1.29, 1.82) is 0 Å². The molecule has 0 radical (unpaired) electrons. The van der Waals surface area contributed by atoms with Crippen LogP contribution in [0.3, 0.4) is 0 Å². The van der Waals surface area contributed by atoms with Gasteiger partial charge >= 0.3 is 0 Å². The third-order valence-corrected chi connectivity index (χ3v) is 16.1. The lowest BCUT2D eigenvalue weighted by Crippen LogP contribution is -2.31. The minimum Gasteiger partial charge on any atom is -0.310 e. The van der Waals surface area contributed by atoms with Crippen molar-refractivity contribution in [2.75, 3.05) is 9.80 Å². The first kappa shape index (κ1) is 37.6. The maximum atomic E-state index is 2.53. The van der Waals surface area contributed by atoms with Crippen LogP contribution in [-0.2, 0) is 21.7 Å². The summed E-state index contributed by atoms with van der Waals surface area (Å²) < 4.78 is 0. The number of rotatable bonds is 2. The number of benzene rings is 9. The standard InChI is InChI=1S/C62H52N2/c1-59(2)47-19-11-9-17-43(47)45-33-53-57(35-51(45)59)63(55-23-15-13-21-49(55)61(53,5)6)41-27-25-37-30-40-32-42(28-26-38(40)29-39(37)31-41)64-56-24-16-14-22-50(56)62(7,8)54-34-46-44-18-10-12-20-48(44)60(3,4)52(46)36-58(54)64/h9-36H,1-8H3. The van der Waals surface area contributed by atoms with Crippen LogP contribution in [0.5, 0.6) is 0 Å². The van der Waals surface area contributed by atoms with E-state index in [2.05, 4.69) is 235 Å². The molecule has 0 unspecified atom stereocenters. The summed E-state index contributed by atoms with van der Waals surface area (Å²) in [5.74, 6) is 0. The maximum absolute atomic E-state index is 2.53. The molecule has 4 aliphatic rings. The van der Waals surface area contributed by atoms with Crippen LogP contribution < -0.4 is 9.80 Å². The van der Waals surface area contributed by atoms with Crippen LogP contribution in [0.2, 0.25) is 0 Å². The van der Waals surface area contributed by atoms with Gasteiger partial charge in [0.1, 0.15) is 0 Å². The highest BCUT2D eigenvalue weighted by molar-refractivity contribution is 6.03. The number of hydrogen-bond acceptors (Lipinski definition) is 2. The minimum absolute atomic E-state index is 0.0913. The van der Waals surface area contributed by atoms with Crippen molar-refractivity contribution < 1.29 is 0 Å². The Labute approximate surface area is 377 Å². The fraction of sp³-hybridized carbons (Fsp3) is 0.194. The lowest BCUT2D eigenvalue weighted by molar-refractivity contribution is 0.627. The van der Waals surface area contributed by atoms with E-state index in [1.54, 1.807) is 0 Å². The van der Waals surface area contributed by atoms with E-state index < -0.39 is 0 Å². The molecule has 0 fully saturated rings. The van der Waals surface area contributed by atoms with Crippen LogP contribution in [-0.4, -0.2) is 0 Å². The van der Waals surface area contributed by atoms with E-state index in [1.807, 2.05) is 0 Å². The Kier molecular flexibility index (Phi) is 7.30. The zero-order chi connectivity index (χ0) is 43.7. The molecule has 9 aromatic rings. The zero-order valence-corrected chi connectivity index (χ0v) is 38.1. The number of para-hydroxylation sites is 2. The molecule has 9 aromatic carbocycles. The van der Waals surface area contributed by atoms with E-state index in [0.29, 0.717) is 0 Å². The van der Waals surface area contributed by atoms with Gasteiger partial charge in [-0.3, -0.25) is 0 Å². The van der Waals surface area contributed by atoms with Crippen molar-refractivity contribution in [2.45, 2.75) is 77.0 Å². The predicted octanol–water partition coefficient (Wildman–Crippen LogP) is 16.8. The van der Waals surface area contributed by atoms with Crippen LogP contribution in [0.15, 0.2) is 170 Å². The summed E-state index contributed by atoms with van der Waals surface area (Å²) in [5.41, 5.74) is 23.4. The van der Waals surface area contributed by atoms with E-state index >= 15 is 0 Å². The van der Waals surface area contributed by atoms with Gasteiger partial charge in [0.15, 0.2) is 0 Å². The average Bonchev–Trinajstić information content (AvgIpc) is 3.66. The fourth-order valence-electron chi connectivity index (χ4n) is 12.6. The van der Waals surface area contributed by atoms with Crippen molar-refractivity contribution in [3.8, 4) is 22.3 Å². The molecule has 2 heterocycles. The molecule has 0 aromatic heterocycles. The van der Waals surface area contributed by atoms with Gasteiger partial charge in [0.05, 0.1) is 22.7 Å². The normalized spacial score (nSPS) is 17.2. The van der Waals surface area contributed by atoms with Gasteiger partial charge in [-0.05, 0) is 161 Å². The SMILES string of the molecule is CC1(C)c2ccccc2-c2cc3c(cc21)N(c1ccc2cc4cc(N5c6ccccc6C(C)(C)c6cc7c(cc65)C(C)(C)c5ccccc5-7)ccc4cc2c1)c1ccccc1C3(C)C. The summed E-state index contributed by atoms with van der Waals surface area (Å²) in [7, 11) is 0. The molecule has 2 nitrogen and oxygen atoms in total. The molecule has 64 heavy (non-hydrogen) atoms. The summed E-state index contributed by atoms with van der Waals surface area (Å²) in [4.78, 5) is 5.07. The number of fused-ring (bicyclic) bond motifs is 12. The third-order valence-electron chi connectivity index (χ3n) is 16.1. The second-order valence-corrected chi connectivity index (χ2v) is 21.0. The van der Waals surface area contributed by atoms with E-state index in [1.165, 1.54) is 122 Å². The van der Waals surface area contributed by atoms with Gasteiger partial charge in [-0.1, -0.05) is 152 Å². The summed E-state index contributed by atoms with van der Waals surface area (Å²) in [5, 5.41) is 4.96. The van der Waals surface area contributed by atoms with Crippen LogP contribution in [0.25, 0.3) is 43.8 Å². The first-order chi connectivity index (χ1) is 30.7. The molecular weight excluding hydrogens is 773 g/mol. The average molecular weight is 825 g/mol. The van der Waals surface area contributed by atoms with Gasteiger partial charge in [-0.25, -0.2) is 0 Å². The fourth-order valence-corrected chi connectivity index (χ4v) is 12.6. The van der Waals surface area contributed by atoms with Gasteiger partial charge < -0.3 is 9.80 Å². The van der Waals surface area contributed by atoms with Crippen LogP contribution in [0, 0.1) is 0 Å². The first-order valence-electron chi connectivity index (χ1n) is 23.1. The molecule has 310 valence electrons. The third kappa shape index (κ3) is 4.81. The van der Waals surface area contributed by atoms with Crippen LogP contribution >= 0.6 is 0 Å². The Balaban J connectivity index is 0.952. The quantitative estimate of drug-likeness (QED) is 0.160. The second kappa shape index (κ2) is 12.4. The molecule has 2 aliphatic carbocycles. The molecule has 2 aliphatic heterocycles. The van der Waals surface area contributed by atoms with Crippen molar-refractivity contribution in [3.63, 3.8) is 0 Å². The highest BCUT2D eigenvalue weighted by Crippen LogP contribution is 2.60. The van der Waals surface area contributed by atoms with E-state index in [-0.39, 0.29) is 21.7 Å². The van der Waals surface area contributed by atoms with Crippen molar-refractivity contribution in [1.82, 2.24) is 0 Å². The number of nitrogens with zero attached hydrogens (tertiary/aromatic N) is 2. The molecule has 0 atom stereocenters. The summed E-state index contributed by atoms with van der Waals surface area (Å²) in [6.07, 6.45) is 0. The summed E-state index contributed by atoms with van der Waals surface area (Å²) in [6, 6.07) is 65.1. The highest BCUT2D eigenvalue weighted by Gasteiger charge is 2.44. The van der Waals surface area contributed by atoms with Gasteiger partial charge in [0, 0.05) is 33.0 Å². The van der Waals surface area contributed by atoms with E-state index in [4.69, 9.17) is 0 Å². The molecule has 0 bridgehead atoms. The van der Waals surface area contributed by atoms with E-state index in [0.717, 1.165) is 0 Å². The molecule has 0 saturated carbocycles. The van der Waals surface area contributed by atoms with Crippen molar-refractivity contribution in [2.24, 2.45) is 0 Å². The predicted molar refractivity (Wildman–Crippen MR) is 270 cm³/mol. The van der Waals surface area contributed by atoms with Gasteiger partial charge in [0.25, 0.3) is 0 Å². The monoisotopic (exact) mass is 824 g/mol. The minimum atomic E-state index is -0.170. The highest BCUT2D eigenvalue weighted by atomic mass is 15.2. The largest absolute Gasteiger partial charge is 0.310 e. The van der Waals surface area contributed by atoms with Gasteiger partial charge in [0.2, 0.25) is 0 Å². The lowest BCUT2D eigenvalue weighted by atomic mass is 9.71. The molecular formula is C62H52N2. The summed E-state index contributed by atoms with van der Waals surface area (Å²) >= 11 is 0. The van der Waals surface area contributed by atoms with Gasteiger partial charge in [-0.15, -0.1) is 0 Å². The van der Waals surface area contributed by atoms with E-state index in [9.17, 15) is 0 Å². The molecule has 13 rings (SSSR count). The topological polar surface area (TPSA) is 6.48 Å². The Morgan fingerprint density at radius 3 is 1.03 bits per heavy atom. The van der Waals surface area contributed by atoms with Crippen molar-refractivity contribution >= 4 is 55.7 Å². The van der Waals surface area contributed by atoms with Crippen molar-refractivity contribution in [3.05, 3.63) is 214 Å². The maximum Gasteiger partial charge on any atom is 0.0506 e. The Morgan fingerprint density at radius 1 is 0.250 bits per heavy atom. The lowest BCUT2D eigenvalue weighted by Gasteiger charge is -2.43. The van der Waals surface area contributed by atoms with Crippen LogP contribution in [0.1, 0.15) is 99.9 Å². The zero-order valence-electron chi connectivity index (χ0n) is 38.1. The summed E-state index contributed by atoms with van der Waals surface area (Å²) in [6.45, 7) is 19.1. The number of anilines is 6. The molecule has 2 heteroatoms. The second-order valence-electron chi connectivity index (χ2n) is 21.0. The Morgan fingerprint density at radius 2 is 0.609 bits per heavy atom. The van der Waals surface area contributed by atoms with Gasteiger partial charge in [-0.2, -0.15) is 0 Å². The molecule has 0 amide bonds. The number of hydrogen-bond donors (Lipinski definition) is 0. The van der Waals surface area contributed by atoms with Crippen LogP contribution in [0.4, 0.5) is 34.1 Å². The molecule has 0 spiro atoms. The molecule has 0 N–H and O–H groups in total. The Bertz CT molecular complexity index is 3290. The molecule has 0 saturated heterocycles. The smallest absolute Gasteiger partial charge is 0.0506 e. The first-order valence-corrected chi connectivity index (χ1v) is 23.1.